The Balaban J connectivity index is 2.52. The number of fused-ring (bicyclic) bond motifs is 3. The van der Waals surface area contributed by atoms with Crippen molar-refractivity contribution in [2.75, 3.05) is 7.11 Å². The third kappa shape index (κ3) is 1.52. The molecule has 3 heteroatoms. The van der Waals surface area contributed by atoms with Crippen LogP contribution in [-0.2, 0) is 0 Å². The SMILES string of the molecule is COc1cccc2cnc3ccc(C=O)cc3c12. The van der Waals surface area contributed by atoms with Gasteiger partial charge in [-0.1, -0.05) is 12.1 Å². The number of aromatic nitrogens is 1. The molecule has 0 spiro atoms. The lowest BCUT2D eigenvalue weighted by molar-refractivity contribution is 0.112. The minimum atomic E-state index is 0.641. The number of pyridine rings is 1. The van der Waals surface area contributed by atoms with Crippen LogP contribution in [0, 0.1) is 0 Å². The second-order valence-electron chi connectivity index (χ2n) is 4.08. The Morgan fingerprint density at radius 3 is 2.89 bits per heavy atom. The highest BCUT2D eigenvalue weighted by Gasteiger charge is 2.07. The van der Waals surface area contributed by atoms with Crippen LogP contribution in [0.4, 0.5) is 0 Å². The number of rotatable bonds is 2. The standard InChI is InChI=1S/C15H11NO2/c1-18-14-4-2-3-11-8-16-13-6-5-10(9-17)7-12(13)15(11)14/h2-9H,1H3. The summed E-state index contributed by atoms with van der Waals surface area (Å²) in [5, 5.41) is 2.94. The number of carbonyl (C=O) groups is 1. The molecule has 18 heavy (non-hydrogen) atoms. The van der Waals surface area contributed by atoms with Gasteiger partial charge in [0.05, 0.1) is 12.6 Å². The summed E-state index contributed by atoms with van der Waals surface area (Å²) in [6, 6.07) is 11.3. The maximum absolute atomic E-state index is 10.9. The second kappa shape index (κ2) is 4.11. The number of carbonyl (C=O) groups excluding carboxylic acids is 1. The van der Waals surface area contributed by atoms with Crippen molar-refractivity contribution in [1.29, 1.82) is 0 Å². The van der Waals surface area contributed by atoms with Crippen molar-refractivity contribution in [3.8, 4) is 5.75 Å². The van der Waals surface area contributed by atoms with Crippen LogP contribution >= 0.6 is 0 Å². The van der Waals surface area contributed by atoms with Gasteiger partial charge in [0.2, 0.25) is 0 Å². The molecule has 0 saturated carbocycles. The highest BCUT2D eigenvalue weighted by molar-refractivity contribution is 6.09. The average Bonchev–Trinajstić information content (AvgIpc) is 2.45. The Hall–Kier alpha value is -2.42. The number of hydrogen-bond acceptors (Lipinski definition) is 3. The summed E-state index contributed by atoms with van der Waals surface area (Å²) in [4.78, 5) is 15.3. The van der Waals surface area contributed by atoms with Gasteiger partial charge in [0.1, 0.15) is 12.0 Å². The van der Waals surface area contributed by atoms with E-state index in [1.165, 1.54) is 0 Å². The van der Waals surface area contributed by atoms with E-state index in [1.807, 2.05) is 36.5 Å². The summed E-state index contributed by atoms with van der Waals surface area (Å²) in [5.41, 5.74) is 1.50. The van der Waals surface area contributed by atoms with Crippen LogP contribution in [0.2, 0.25) is 0 Å². The summed E-state index contributed by atoms with van der Waals surface area (Å²) in [6.07, 6.45) is 2.66. The van der Waals surface area contributed by atoms with Crippen molar-refractivity contribution in [3.63, 3.8) is 0 Å². The molecule has 0 N–H and O–H groups in total. The van der Waals surface area contributed by atoms with E-state index in [0.29, 0.717) is 5.56 Å². The first-order chi connectivity index (χ1) is 8.83. The van der Waals surface area contributed by atoms with Crippen molar-refractivity contribution >= 4 is 28.0 Å². The third-order valence-corrected chi connectivity index (χ3v) is 3.05. The molecule has 0 aliphatic heterocycles. The lowest BCUT2D eigenvalue weighted by Crippen LogP contribution is -1.89. The quantitative estimate of drug-likeness (QED) is 0.507. The molecule has 1 heterocycles. The Kier molecular flexibility index (Phi) is 2.45. The van der Waals surface area contributed by atoms with Gasteiger partial charge < -0.3 is 4.74 Å². The average molecular weight is 237 g/mol. The summed E-state index contributed by atoms with van der Waals surface area (Å²) >= 11 is 0. The second-order valence-corrected chi connectivity index (χ2v) is 4.08. The molecule has 0 amide bonds. The van der Waals surface area contributed by atoms with Crippen LogP contribution < -0.4 is 4.74 Å². The molecule has 3 rings (SSSR count). The van der Waals surface area contributed by atoms with Gasteiger partial charge >= 0.3 is 0 Å². The zero-order valence-electron chi connectivity index (χ0n) is 9.88. The molecule has 2 aromatic carbocycles. The zero-order chi connectivity index (χ0) is 12.5. The van der Waals surface area contributed by atoms with Gasteiger partial charge in [0, 0.05) is 27.9 Å². The number of hydrogen-bond donors (Lipinski definition) is 0. The van der Waals surface area contributed by atoms with Crippen LogP contribution in [-0.4, -0.2) is 18.4 Å². The van der Waals surface area contributed by atoms with E-state index >= 15 is 0 Å². The molecule has 0 fully saturated rings. The molecular weight excluding hydrogens is 226 g/mol. The summed E-state index contributed by atoms with van der Waals surface area (Å²) < 4.78 is 5.39. The molecule has 0 saturated heterocycles. The molecule has 0 atom stereocenters. The van der Waals surface area contributed by atoms with E-state index in [9.17, 15) is 4.79 Å². The Labute approximate surface area is 104 Å². The van der Waals surface area contributed by atoms with Gasteiger partial charge in [0.15, 0.2) is 0 Å². The van der Waals surface area contributed by atoms with Gasteiger partial charge in [-0.05, 0) is 24.3 Å². The smallest absolute Gasteiger partial charge is 0.150 e. The predicted octanol–water partition coefficient (Wildman–Crippen LogP) is 3.21. The number of aldehydes is 1. The summed E-state index contributed by atoms with van der Waals surface area (Å²) in [6.45, 7) is 0. The Morgan fingerprint density at radius 1 is 1.22 bits per heavy atom. The fourth-order valence-corrected chi connectivity index (χ4v) is 2.19. The van der Waals surface area contributed by atoms with Crippen molar-refractivity contribution in [2.24, 2.45) is 0 Å². The maximum atomic E-state index is 10.9. The lowest BCUT2D eigenvalue weighted by atomic mass is 10.0. The van der Waals surface area contributed by atoms with Crippen molar-refractivity contribution < 1.29 is 9.53 Å². The van der Waals surface area contributed by atoms with Crippen LogP contribution in [0.3, 0.4) is 0 Å². The fraction of sp³-hybridized carbons (Fsp3) is 0.0667. The van der Waals surface area contributed by atoms with E-state index in [0.717, 1.165) is 33.7 Å². The molecule has 3 aromatic rings. The molecular formula is C15H11NO2. The molecule has 1 aromatic heterocycles. The normalized spacial score (nSPS) is 10.7. The van der Waals surface area contributed by atoms with E-state index in [-0.39, 0.29) is 0 Å². The molecule has 0 aliphatic rings. The minimum Gasteiger partial charge on any atom is -0.496 e. The molecule has 0 aliphatic carbocycles. The largest absolute Gasteiger partial charge is 0.496 e. The van der Waals surface area contributed by atoms with Gasteiger partial charge in [-0.2, -0.15) is 0 Å². The summed E-state index contributed by atoms with van der Waals surface area (Å²) in [5.74, 6) is 0.794. The fourth-order valence-electron chi connectivity index (χ4n) is 2.19. The van der Waals surface area contributed by atoms with Crippen molar-refractivity contribution in [2.45, 2.75) is 0 Å². The summed E-state index contributed by atoms with van der Waals surface area (Å²) in [7, 11) is 1.64. The van der Waals surface area contributed by atoms with E-state index < -0.39 is 0 Å². The maximum Gasteiger partial charge on any atom is 0.150 e. The first kappa shape index (κ1) is 10.7. The first-order valence-electron chi connectivity index (χ1n) is 5.64. The van der Waals surface area contributed by atoms with Gasteiger partial charge in [-0.25, -0.2) is 0 Å². The zero-order valence-corrected chi connectivity index (χ0v) is 9.88. The minimum absolute atomic E-state index is 0.641. The van der Waals surface area contributed by atoms with E-state index in [4.69, 9.17) is 4.74 Å². The third-order valence-electron chi connectivity index (χ3n) is 3.05. The highest BCUT2D eigenvalue weighted by Crippen LogP contribution is 2.31. The van der Waals surface area contributed by atoms with Crippen molar-refractivity contribution in [1.82, 2.24) is 4.98 Å². The van der Waals surface area contributed by atoms with Crippen molar-refractivity contribution in [3.05, 3.63) is 48.2 Å². The predicted molar refractivity (Wildman–Crippen MR) is 71.2 cm³/mol. The van der Waals surface area contributed by atoms with Crippen LogP contribution in [0.25, 0.3) is 21.7 Å². The highest BCUT2D eigenvalue weighted by atomic mass is 16.5. The number of benzene rings is 2. The van der Waals surface area contributed by atoms with Gasteiger partial charge in [-0.3, -0.25) is 9.78 Å². The molecule has 0 unspecified atom stereocenters. The number of ether oxygens (including phenoxy) is 1. The van der Waals surface area contributed by atoms with E-state index in [2.05, 4.69) is 4.98 Å². The van der Waals surface area contributed by atoms with Crippen LogP contribution in [0.1, 0.15) is 10.4 Å². The number of nitrogens with zero attached hydrogens (tertiary/aromatic N) is 1. The number of methoxy groups -OCH3 is 1. The molecule has 3 nitrogen and oxygen atoms in total. The van der Waals surface area contributed by atoms with Gasteiger partial charge in [0.25, 0.3) is 0 Å². The Bertz CT molecular complexity index is 750. The molecule has 88 valence electrons. The molecule has 0 bridgehead atoms. The molecule has 0 radical (unpaired) electrons. The van der Waals surface area contributed by atoms with Gasteiger partial charge in [-0.15, -0.1) is 0 Å². The Morgan fingerprint density at radius 2 is 2.11 bits per heavy atom. The monoisotopic (exact) mass is 237 g/mol. The lowest BCUT2D eigenvalue weighted by Gasteiger charge is -2.08. The van der Waals surface area contributed by atoms with Crippen LogP contribution in [0.5, 0.6) is 5.75 Å². The first-order valence-corrected chi connectivity index (χ1v) is 5.64. The topological polar surface area (TPSA) is 39.2 Å². The van der Waals surface area contributed by atoms with E-state index in [1.54, 1.807) is 13.2 Å². The van der Waals surface area contributed by atoms with Crippen LogP contribution in [0.15, 0.2) is 42.6 Å².